The van der Waals surface area contributed by atoms with E-state index in [1.54, 1.807) is 0 Å². The molecule has 1 saturated heterocycles. The van der Waals surface area contributed by atoms with Gasteiger partial charge in [-0.3, -0.25) is 9.69 Å². The van der Waals surface area contributed by atoms with E-state index in [1.165, 1.54) is 19.3 Å². The van der Waals surface area contributed by atoms with Crippen LogP contribution in [0.4, 0.5) is 0 Å². The van der Waals surface area contributed by atoms with Crippen LogP contribution in [-0.2, 0) is 4.79 Å². The van der Waals surface area contributed by atoms with Crippen molar-refractivity contribution < 1.29 is 4.79 Å². The zero-order valence-corrected chi connectivity index (χ0v) is 12.3. The molecule has 5 atom stereocenters. The minimum atomic E-state index is -0.134. The second-order valence-corrected chi connectivity index (χ2v) is 6.70. The molecule has 1 saturated carbocycles. The van der Waals surface area contributed by atoms with Gasteiger partial charge < -0.3 is 11.5 Å². The molecule has 110 valence electrons. The van der Waals surface area contributed by atoms with Gasteiger partial charge in [0.05, 0.1) is 5.92 Å². The molecule has 1 amide bonds. The molecule has 4 heteroatoms. The van der Waals surface area contributed by atoms with Crippen LogP contribution in [0.5, 0.6) is 0 Å². The van der Waals surface area contributed by atoms with Crippen LogP contribution in [0, 0.1) is 17.8 Å². The van der Waals surface area contributed by atoms with Crippen molar-refractivity contribution in [2.75, 3.05) is 13.1 Å². The third-order valence-electron chi connectivity index (χ3n) is 5.28. The number of amides is 1. The Balaban J connectivity index is 2.09. The maximum atomic E-state index is 11.5. The number of likely N-dealkylation sites (tertiary alicyclic amines) is 1. The number of piperidine rings is 1. The summed E-state index contributed by atoms with van der Waals surface area (Å²) in [6.07, 6.45) is 5.77. The zero-order chi connectivity index (χ0) is 14.0. The summed E-state index contributed by atoms with van der Waals surface area (Å²) in [4.78, 5) is 14.0. The number of nitrogens with zero attached hydrogens (tertiary/aromatic N) is 1. The summed E-state index contributed by atoms with van der Waals surface area (Å²) in [5.74, 6) is 1.26. The Labute approximate surface area is 116 Å². The lowest BCUT2D eigenvalue weighted by atomic mass is 9.76. The summed E-state index contributed by atoms with van der Waals surface area (Å²) < 4.78 is 0. The fraction of sp³-hybridized carbons (Fsp3) is 0.933. The first-order chi connectivity index (χ1) is 9.02. The molecule has 1 aliphatic carbocycles. The Kier molecular flexibility index (Phi) is 4.85. The zero-order valence-electron chi connectivity index (χ0n) is 12.3. The normalized spacial score (nSPS) is 41.1. The van der Waals surface area contributed by atoms with Crippen LogP contribution < -0.4 is 11.5 Å². The molecule has 0 radical (unpaired) electrons. The highest BCUT2D eigenvalue weighted by atomic mass is 16.1. The lowest BCUT2D eigenvalue weighted by Gasteiger charge is -2.48. The molecule has 4 N–H and O–H groups in total. The molecule has 1 heterocycles. The van der Waals surface area contributed by atoms with E-state index >= 15 is 0 Å². The number of carbonyl (C=O) groups is 1. The van der Waals surface area contributed by atoms with E-state index in [9.17, 15) is 4.79 Å². The lowest BCUT2D eigenvalue weighted by molar-refractivity contribution is -0.125. The predicted octanol–water partition coefficient (Wildman–Crippen LogP) is 1.34. The quantitative estimate of drug-likeness (QED) is 0.810. The average Bonchev–Trinajstić information content (AvgIpc) is 2.39. The van der Waals surface area contributed by atoms with Gasteiger partial charge in [0, 0.05) is 18.6 Å². The fourth-order valence-corrected chi connectivity index (χ4v) is 3.92. The Morgan fingerprint density at radius 1 is 1.21 bits per heavy atom. The van der Waals surface area contributed by atoms with Gasteiger partial charge in [0.15, 0.2) is 0 Å². The first kappa shape index (κ1) is 14.8. The van der Waals surface area contributed by atoms with Crippen LogP contribution in [0.2, 0.25) is 0 Å². The molecule has 0 spiro atoms. The summed E-state index contributed by atoms with van der Waals surface area (Å²) in [6.45, 7) is 6.22. The highest BCUT2D eigenvalue weighted by Crippen LogP contribution is 2.35. The minimum Gasteiger partial charge on any atom is -0.369 e. The van der Waals surface area contributed by atoms with E-state index < -0.39 is 0 Å². The number of rotatable bonds is 3. The van der Waals surface area contributed by atoms with Gasteiger partial charge in [-0.15, -0.1) is 0 Å². The molecule has 2 aliphatic rings. The molecule has 0 aromatic carbocycles. The molecule has 2 rings (SSSR count). The van der Waals surface area contributed by atoms with Gasteiger partial charge in [-0.25, -0.2) is 0 Å². The second-order valence-electron chi connectivity index (χ2n) is 6.70. The average molecular weight is 267 g/mol. The van der Waals surface area contributed by atoms with Crippen molar-refractivity contribution >= 4 is 5.91 Å². The van der Waals surface area contributed by atoms with Crippen LogP contribution in [0.25, 0.3) is 0 Å². The molecule has 2 fully saturated rings. The summed E-state index contributed by atoms with van der Waals surface area (Å²) >= 11 is 0. The standard InChI is InChI=1S/C15H29N3O/c1-10-3-5-12(8-16)14(7-10)18-9-13(15(17)19)6-4-11(18)2/h10-14H,3-9,16H2,1-2H3,(H2,17,19). The lowest BCUT2D eigenvalue weighted by Crippen LogP contribution is -2.55. The van der Waals surface area contributed by atoms with Crippen molar-refractivity contribution in [2.45, 2.75) is 58.0 Å². The first-order valence-electron chi connectivity index (χ1n) is 7.78. The molecule has 0 bridgehead atoms. The molecule has 0 aromatic heterocycles. The number of hydrogen-bond acceptors (Lipinski definition) is 3. The van der Waals surface area contributed by atoms with E-state index in [1.807, 2.05) is 0 Å². The van der Waals surface area contributed by atoms with Crippen molar-refractivity contribution in [3.05, 3.63) is 0 Å². The summed E-state index contributed by atoms with van der Waals surface area (Å²) in [5.41, 5.74) is 11.5. The van der Waals surface area contributed by atoms with E-state index in [0.717, 1.165) is 31.8 Å². The second kappa shape index (κ2) is 6.23. The number of carbonyl (C=O) groups excluding carboxylic acids is 1. The summed E-state index contributed by atoms with van der Waals surface area (Å²) in [5, 5.41) is 0. The van der Waals surface area contributed by atoms with Crippen molar-refractivity contribution in [3.8, 4) is 0 Å². The monoisotopic (exact) mass is 267 g/mol. The molecule has 5 unspecified atom stereocenters. The van der Waals surface area contributed by atoms with Gasteiger partial charge in [0.2, 0.25) is 5.91 Å². The number of nitrogens with two attached hydrogens (primary N) is 2. The van der Waals surface area contributed by atoms with Gasteiger partial charge in [-0.1, -0.05) is 13.3 Å². The molecular weight excluding hydrogens is 238 g/mol. The summed E-state index contributed by atoms with van der Waals surface area (Å²) in [7, 11) is 0. The Bertz CT molecular complexity index is 321. The first-order valence-corrected chi connectivity index (χ1v) is 7.78. The molecule has 4 nitrogen and oxygen atoms in total. The Morgan fingerprint density at radius 3 is 2.58 bits per heavy atom. The van der Waals surface area contributed by atoms with Crippen molar-refractivity contribution in [2.24, 2.45) is 29.2 Å². The van der Waals surface area contributed by atoms with E-state index in [-0.39, 0.29) is 11.8 Å². The predicted molar refractivity (Wildman–Crippen MR) is 77.4 cm³/mol. The maximum absolute atomic E-state index is 11.5. The van der Waals surface area contributed by atoms with Crippen LogP contribution in [0.3, 0.4) is 0 Å². The highest BCUT2D eigenvalue weighted by Gasteiger charge is 2.38. The molecule has 19 heavy (non-hydrogen) atoms. The number of primary amides is 1. The van der Waals surface area contributed by atoms with Gasteiger partial charge in [-0.05, 0) is 51.0 Å². The molecule has 1 aliphatic heterocycles. The smallest absolute Gasteiger partial charge is 0.221 e. The van der Waals surface area contributed by atoms with E-state index in [0.29, 0.717) is 18.0 Å². The van der Waals surface area contributed by atoms with Crippen LogP contribution >= 0.6 is 0 Å². The van der Waals surface area contributed by atoms with Crippen molar-refractivity contribution in [1.29, 1.82) is 0 Å². The fourth-order valence-electron chi connectivity index (χ4n) is 3.92. The third-order valence-corrected chi connectivity index (χ3v) is 5.28. The van der Waals surface area contributed by atoms with Crippen LogP contribution in [0.15, 0.2) is 0 Å². The van der Waals surface area contributed by atoms with Crippen molar-refractivity contribution in [1.82, 2.24) is 4.90 Å². The highest BCUT2D eigenvalue weighted by molar-refractivity contribution is 5.77. The Morgan fingerprint density at radius 2 is 1.95 bits per heavy atom. The largest absolute Gasteiger partial charge is 0.369 e. The molecule has 0 aromatic rings. The Hall–Kier alpha value is -0.610. The third kappa shape index (κ3) is 3.29. The van der Waals surface area contributed by atoms with Gasteiger partial charge in [0.25, 0.3) is 0 Å². The number of hydrogen-bond donors (Lipinski definition) is 2. The van der Waals surface area contributed by atoms with Gasteiger partial charge in [0.1, 0.15) is 0 Å². The molecular formula is C15H29N3O. The summed E-state index contributed by atoms with van der Waals surface area (Å²) in [6, 6.07) is 1.10. The van der Waals surface area contributed by atoms with Crippen LogP contribution in [-0.4, -0.2) is 36.0 Å². The maximum Gasteiger partial charge on any atom is 0.221 e. The topological polar surface area (TPSA) is 72.3 Å². The van der Waals surface area contributed by atoms with E-state index in [2.05, 4.69) is 18.7 Å². The van der Waals surface area contributed by atoms with Gasteiger partial charge in [-0.2, -0.15) is 0 Å². The van der Waals surface area contributed by atoms with Crippen molar-refractivity contribution in [3.63, 3.8) is 0 Å². The van der Waals surface area contributed by atoms with Crippen LogP contribution in [0.1, 0.15) is 46.0 Å². The minimum absolute atomic E-state index is 0.0341. The van der Waals surface area contributed by atoms with Gasteiger partial charge >= 0.3 is 0 Å². The SMILES string of the molecule is CC1CCC(CN)C(N2CC(C(N)=O)CCC2C)C1. The van der Waals surface area contributed by atoms with E-state index in [4.69, 9.17) is 11.5 Å².